The first-order chi connectivity index (χ1) is 17.0. The maximum Gasteiger partial charge on any atom is 0.271 e. The average Bonchev–Trinajstić information content (AvgIpc) is 3.52. The van der Waals surface area contributed by atoms with E-state index in [2.05, 4.69) is 17.4 Å². The zero-order chi connectivity index (χ0) is 24.6. The second kappa shape index (κ2) is 9.29. The van der Waals surface area contributed by atoms with Crippen LogP contribution in [0, 0.1) is 0 Å². The van der Waals surface area contributed by atoms with Crippen molar-refractivity contribution in [1.82, 2.24) is 14.8 Å². The summed E-state index contributed by atoms with van der Waals surface area (Å²) in [6.07, 6.45) is 4.90. The number of benzene rings is 2. The van der Waals surface area contributed by atoms with Gasteiger partial charge in [0.15, 0.2) is 0 Å². The predicted octanol–water partition coefficient (Wildman–Crippen LogP) is 4.17. The second-order valence-corrected chi connectivity index (χ2v) is 9.77. The average molecular weight is 476 g/mol. The fraction of sp³-hybridized carbons (Fsp3) is 0.429. The standard InChI is InChI=1S/C28H33N3O4/c1-28(27(33)29-20-11-7-8-12-20)18-30-22(17-21-23(34-2)13-14-24(35-3)25(21)30)26(32)31(28)16-15-19-9-5-4-6-10-19/h4-6,9-10,13-14,17,20H,7-8,11-12,15-16,18H2,1-3H3,(H,29,33)/t28-/m0/s1. The van der Waals surface area contributed by atoms with Crippen LogP contribution in [0.4, 0.5) is 0 Å². The molecule has 5 rings (SSSR count). The highest BCUT2D eigenvalue weighted by Gasteiger charge is 2.48. The summed E-state index contributed by atoms with van der Waals surface area (Å²) in [5.41, 5.74) is 1.41. The number of carbonyl (C=O) groups excluding carboxylic acids is 2. The predicted molar refractivity (Wildman–Crippen MR) is 135 cm³/mol. The molecule has 0 bridgehead atoms. The molecular formula is C28H33N3O4. The molecule has 184 valence electrons. The Morgan fingerprint density at radius 1 is 1.06 bits per heavy atom. The van der Waals surface area contributed by atoms with E-state index >= 15 is 0 Å². The van der Waals surface area contributed by atoms with E-state index in [0.29, 0.717) is 36.7 Å². The van der Waals surface area contributed by atoms with Gasteiger partial charge in [-0.15, -0.1) is 0 Å². The van der Waals surface area contributed by atoms with Crippen LogP contribution in [0.3, 0.4) is 0 Å². The summed E-state index contributed by atoms with van der Waals surface area (Å²) in [4.78, 5) is 29.6. The third-order valence-corrected chi connectivity index (χ3v) is 7.59. The Bertz CT molecular complexity index is 1250. The Kier molecular flexibility index (Phi) is 6.17. The highest BCUT2D eigenvalue weighted by Crippen LogP contribution is 2.40. The van der Waals surface area contributed by atoms with Crippen LogP contribution in [0.15, 0.2) is 48.5 Å². The van der Waals surface area contributed by atoms with Crippen molar-refractivity contribution in [1.29, 1.82) is 0 Å². The van der Waals surface area contributed by atoms with Crippen molar-refractivity contribution in [3.8, 4) is 11.5 Å². The van der Waals surface area contributed by atoms with Gasteiger partial charge < -0.3 is 24.3 Å². The minimum absolute atomic E-state index is 0.0971. The number of methoxy groups -OCH3 is 2. The zero-order valence-electron chi connectivity index (χ0n) is 20.7. The van der Waals surface area contributed by atoms with Gasteiger partial charge in [-0.3, -0.25) is 9.59 Å². The van der Waals surface area contributed by atoms with Crippen LogP contribution in [0.25, 0.3) is 10.9 Å². The van der Waals surface area contributed by atoms with Gasteiger partial charge in [0.05, 0.1) is 26.3 Å². The number of ether oxygens (including phenoxy) is 2. The molecule has 2 amide bonds. The van der Waals surface area contributed by atoms with Gasteiger partial charge in [-0.05, 0) is 49.9 Å². The molecule has 1 N–H and O–H groups in total. The molecule has 2 aromatic carbocycles. The third-order valence-electron chi connectivity index (χ3n) is 7.59. The molecule has 2 heterocycles. The van der Waals surface area contributed by atoms with Crippen molar-refractivity contribution >= 4 is 22.7 Å². The fourth-order valence-electron chi connectivity index (χ4n) is 5.60. The SMILES string of the molecule is COc1ccc(OC)c2c1cc1n2C[C@@](C)(C(=O)NC2CCCC2)N(CCc2ccccc2)C1=O. The van der Waals surface area contributed by atoms with Crippen LogP contribution in [-0.4, -0.2) is 53.6 Å². The summed E-state index contributed by atoms with van der Waals surface area (Å²) in [6, 6.07) is 15.8. The number of nitrogens with one attached hydrogen (secondary N) is 1. The van der Waals surface area contributed by atoms with Crippen LogP contribution in [-0.2, 0) is 17.8 Å². The summed E-state index contributed by atoms with van der Waals surface area (Å²) >= 11 is 0. The lowest BCUT2D eigenvalue weighted by atomic mass is 9.93. The molecule has 1 aliphatic heterocycles. The number of fused-ring (bicyclic) bond motifs is 3. The number of aromatic nitrogens is 1. The first-order valence-corrected chi connectivity index (χ1v) is 12.4. The summed E-state index contributed by atoms with van der Waals surface area (Å²) in [5, 5.41) is 4.06. The van der Waals surface area contributed by atoms with Gasteiger partial charge in [-0.25, -0.2) is 0 Å². The fourth-order valence-corrected chi connectivity index (χ4v) is 5.60. The maximum atomic E-state index is 14.0. The molecule has 1 aromatic heterocycles. The quantitative estimate of drug-likeness (QED) is 0.557. The van der Waals surface area contributed by atoms with E-state index in [9.17, 15) is 9.59 Å². The minimum Gasteiger partial charge on any atom is -0.496 e. The van der Waals surface area contributed by atoms with Gasteiger partial charge in [0.1, 0.15) is 22.7 Å². The molecule has 0 unspecified atom stereocenters. The van der Waals surface area contributed by atoms with E-state index in [-0.39, 0.29) is 17.9 Å². The lowest BCUT2D eigenvalue weighted by Gasteiger charge is -2.44. The zero-order valence-corrected chi connectivity index (χ0v) is 20.7. The first-order valence-electron chi connectivity index (χ1n) is 12.4. The molecule has 2 aliphatic rings. The largest absolute Gasteiger partial charge is 0.496 e. The highest BCUT2D eigenvalue weighted by atomic mass is 16.5. The van der Waals surface area contributed by atoms with Gasteiger partial charge in [-0.1, -0.05) is 43.2 Å². The van der Waals surface area contributed by atoms with E-state index in [1.54, 1.807) is 19.1 Å². The molecule has 1 atom stereocenters. The normalized spacial score (nSPS) is 20.2. The Morgan fingerprint density at radius 2 is 1.74 bits per heavy atom. The number of amides is 2. The van der Waals surface area contributed by atoms with Crippen LogP contribution in [0.1, 0.15) is 48.7 Å². The van der Waals surface area contributed by atoms with Crippen molar-refractivity contribution < 1.29 is 19.1 Å². The second-order valence-electron chi connectivity index (χ2n) is 9.77. The molecule has 7 nitrogen and oxygen atoms in total. The van der Waals surface area contributed by atoms with Crippen molar-refractivity contribution in [2.75, 3.05) is 20.8 Å². The highest BCUT2D eigenvalue weighted by molar-refractivity contribution is 6.06. The van der Waals surface area contributed by atoms with Gasteiger partial charge in [0.25, 0.3) is 5.91 Å². The smallest absolute Gasteiger partial charge is 0.271 e. The topological polar surface area (TPSA) is 72.8 Å². The number of hydrogen-bond donors (Lipinski definition) is 1. The van der Waals surface area contributed by atoms with E-state index in [4.69, 9.17) is 9.47 Å². The van der Waals surface area contributed by atoms with Crippen LogP contribution in [0.5, 0.6) is 11.5 Å². The molecule has 7 heteroatoms. The summed E-state index contributed by atoms with van der Waals surface area (Å²) in [7, 11) is 3.23. The maximum absolute atomic E-state index is 14.0. The van der Waals surface area contributed by atoms with E-state index in [1.807, 2.05) is 47.9 Å². The van der Waals surface area contributed by atoms with Crippen LogP contribution < -0.4 is 14.8 Å². The Labute approximate surface area is 206 Å². The number of carbonyl (C=O) groups is 2. The lowest BCUT2D eigenvalue weighted by molar-refractivity contribution is -0.133. The Morgan fingerprint density at radius 3 is 2.43 bits per heavy atom. The summed E-state index contributed by atoms with van der Waals surface area (Å²) in [6.45, 7) is 2.68. The number of nitrogens with zero attached hydrogens (tertiary/aromatic N) is 2. The minimum atomic E-state index is -1.04. The molecule has 3 aromatic rings. The van der Waals surface area contributed by atoms with Gasteiger partial charge in [0, 0.05) is 18.0 Å². The van der Waals surface area contributed by atoms with Gasteiger partial charge >= 0.3 is 0 Å². The Balaban J connectivity index is 1.58. The molecule has 35 heavy (non-hydrogen) atoms. The van der Waals surface area contributed by atoms with Crippen molar-refractivity contribution in [2.45, 2.75) is 57.2 Å². The molecule has 1 saturated carbocycles. The Hall–Kier alpha value is -3.48. The molecule has 0 saturated heterocycles. The van der Waals surface area contributed by atoms with Crippen molar-refractivity contribution in [3.05, 3.63) is 59.8 Å². The third kappa shape index (κ3) is 4.03. The lowest BCUT2D eigenvalue weighted by Crippen LogP contribution is -2.65. The molecule has 0 radical (unpaired) electrons. The number of rotatable bonds is 7. The van der Waals surface area contributed by atoms with E-state index in [1.165, 1.54) is 0 Å². The summed E-state index contributed by atoms with van der Waals surface area (Å²) < 4.78 is 13.2. The van der Waals surface area contributed by atoms with E-state index in [0.717, 1.165) is 42.1 Å². The van der Waals surface area contributed by atoms with Crippen molar-refractivity contribution in [2.24, 2.45) is 0 Å². The van der Waals surface area contributed by atoms with Gasteiger partial charge in [-0.2, -0.15) is 0 Å². The summed E-state index contributed by atoms with van der Waals surface area (Å²) in [5.74, 6) is 1.07. The molecule has 0 spiro atoms. The molecular weight excluding hydrogens is 442 g/mol. The molecule has 1 fully saturated rings. The van der Waals surface area contributed by atoms with Crippen molar-refractivity contribution in [3.63, 3.8) is 0 Å². The van der Waals surface area contributed by atoms with E-state index < -0.39 is 5.54 Å². The monoisotopic (exact) mass is 475 g/mol. The van der Waals surface area contributed by atoms with Crippen LogP contribution >= 0.6 is 0 Å². The molecule has 1 aliphatic carbocycles. The van der Waals surface area contributed by atoms with Gasteiger partial charge in [0.2, 0.25) is 5.91 Å². The number of hydrogen-bond acceptors (Lipinski definition) is 4. The first kappa shape index (κ1) is 23.3. The van der Waals surface area contributed by atoms with Crippen LogP contribution in [0.2, 0.25) is 0 Å².